The standard InChI is InChI=1S/C18H16ClFN2O3/c1-18(2)7-14-10(15(23)8-18)6-11(17(25)22-14)16(24)21-9-3-4-13(20)12(19)5-9/h3-6H,7-8H2,1-2H3,(H,21,24)(H,22,25). The second-order valence-electron chi connectivity index (χ2n) is 6.93. The van der Waals surface area contributed by atoms with Gasteiger partial charge in [-0.3, -0.25) is 14.4 Å². The van der Waals surface area contributed by atoms with Crippen LogP contribution in [-0.2, 0) is 6.42 Å². The number of anilines is 1. The van der Waals surface area contributed by atoms with Crippen LogP contribution in [-0.4, -0.2) is 16.7 Å². The lowest BCUT2D eigenvalue weighted by molar-refractivity contribution is 0.0910. The van der Waals surface area contributed by atoms with E-state index in [2.05, 4.69) is 10.3 Å². The first kappa shape index (κ1) is 17.4. The molecular weight excluding hydrogens is 347 g/mol. The minimum atomic E-state index is -0.690. The van der Waals surface area contributed by atoms with E-state index in [9.17, 15) is 18.8 Å². The minimum absolute atomic E-state index is 0.110. The van der Waals surface area contributed by atoms with E-state index in [0.717, 1.165) is 6.07 Å². The molecule has 1 heterocycles. The van der Waals surface area contributed by atoms with E-state index < -0.39 is 17.3 Å². The number of pyridine rings is 1. The summed E-state index contributed by atoms with van der Waals surface area (Å²) in [6.45, 7) is 3.90. The van der Waals surface area contributed by atoms with Gasteiger partial charge in [-0.15, -0.1) is 0 Å². The Labute approximate surface area is 148 Å². The summed E-state index contributed by atoms with van der Waals surface area (Å²) in [4.78, 5) is 39.6. The highest BCUT2D eigenvalue weighted by molar-refractivity contribution is 6.31. The van der Waals surface area contributed by atoms with Gasteiger partial charge in [0.15, 0.2) is 5.78 Å². The molecule has 130 valence electrons. The van der Waals surface area contributed by atoms with Gasteiger partial charge in [-0.05, 0) is 36.1 Å². The van der Waals surface area contributed by atoms with Crippen molar-refractivity contribution in [3.8, 4) is 0 Å². The number of aromatic amines is 1. The van der Waals surface area contributed by atoms with E-state index in [1.54, 1.807) is 0 Å². The number of rotatable bonds is 2. The maximum atomic E-state index is 13.2. The van der Waals surface area contributed by atoms with E-state index in [1.807, 2.05) is 13.8 Å². The number of carbonyl (C=O) groups is 2. The summed E-state index contributed by atoms with van der Waals surface area (Å²) in [5.41, 5.74) is 0.179. The lowest BCUT2D eigenvalue weighted by Crippen LogP contribution is -2.32. The summed E-state index contributed by atoms with van der Waals surface area (Å²) in [7, 11) is 0. The lowest BCUT2D eigenvalue weighted by Gasteiger charge is -2.29. The Hall–Kier alpha value is -2.47. The summed E-state index contributed by atoms with van der Waals surface area (Å²) in [5.74, 6) is -1.41. The number of aromatic nitrogens is 1. The number of halogens is 2. The van der Waals surface area contributed by atoms with Crippen molar-refractivity contribution in [2.75, 3.05) is 5.32 Å². The molecule has 5 nitrogen and oxygen atoms in total. The zero-order chi connectivity index (χ0) is 18.4. The number of carbonyl (C=O) groups excluding carboxylic acids is 2. The molecule has 0 aliphatic heterocycles. The molecule has 1 aromatic carbocycles. The van der Waals surface area contributed by atoms with E-state index in [1.165, 1.54) is 18.2 Å². The van der Waals surface area contributed by atoms with Crippen LogP contribution in [0.4, 0.5) is 10.1 Å². The van der Waals surface area contributed by atoms with Crippen molar-refractivity contribution in [3.05, 3.63) is 62.3 Å². The van der Waals surface area contributed by atoms with Crippen molar-refractivity contribution < 1.29 is 14.0 Å². The Morgan fingerprint density at radius 3 is 2.64 bits per heavy atom. The fourth-order valence-electron chi connectivity index (χ4n) is 2.97. The van der Waals surface area contributed by atoms with Gasteiger partial charge in [0.05, 0.1) is 5.02 Å². The van der Waals surface area contributed by atoms with Crippen LogP contribution < -0.4 is 10.9 Å². The summed E-state index contributed by atoms with van der Waals surface area (Å²) in [6.07, 6.45) is 0.902. The number of hydrogen-bond acceptors (Lipinski definition) is 3. The number of nitrogens with one attached hydrogen (secondary N) is 2. The first-order valence-electron chi connectivity index (χ1n) is 7.72. The highest BCUT2D eigenvalue weighted by Gasteiger charge is 2.32. The second-order valence-corrected chi connectivity index (χ2v) is 7.34. The molecule has 1 aromatic heterocycles. The van der Waals surface area contributed by atoms with Gasteiger partial charge in [-0.2, -0.15) is 0 Å². The van der Waals surface area contributed by atoms with Gasteiger partial charge in [0.1, 0.15) is 11.4 Å². The SMILES string of the molecule is CC1(C)CC(=O)c2cc(C(=O)Nc3ccc(F)c(Cl)c3)c(=O)[nH]c2C1. The number of H-pyrrole nitrogens is 1. The molecule has 1 aliphatic carbocycles. The summed E-state index contributed by atoms with van der Waals surface area (Å²) in [5, 5.41) is 2.34. The highest BCUT2D eigenvalue weighted by atomic mass is 35.5. The van der Waals surface area contributed by atoms with Crippen molar-refractivity contribution in [2.45, 2.75) is 26.7 Å². The first-order valence-corrected chi connectivity index (χ1v) is 8.10. The number of fused-ring (bicyclic) bond motifs is 1. The second kappa shape index (κ2) is 6.11. The van der Waals surface area contributed by atoms with E-state index >= 15 is 0 Å². The normalized spacial score (nSPS) is 15.6. The van der Waals surface area contributed by atoms with Crippen LogP contribution in [0.15, 0.2) is 29.1 Å². The van der Waals surface area contributed by atoms with Crippen LogP contribution in [0.5, 0.6) is 0 Å². The molecule has 0 atom stereocenters. The molecule has 2 aromatic rings. The van der Waals surface area contributed by atoms with Gasteiger partial charge in [0.2, 0.25) is 0 Å². The first-order chi connectivity index (χ1) is 11.7. The largest absolute Gasteiger partial charge is 0.325 e. The smallest absolute Gasteiger partial charge is 0.261 e. The maximum Gasteiger partial charge on any atom is 0.261 e. The molecule has 1 aliphatic rings. The summed E-state index contributed by atoms with van der Waals surface area (Å²) in [6, 6.07) is 5.02. The Morgan fingerprint density at radius 2 is 1.96 bits per heavy atom. The van der Waals surface area contributed by atoms with Crippen LogP contribution in [0, 0.1) is 11.2 Å². The van der Waals surface area contributed by atoms with Crippen LogP contribution in [0.1, 0.15) is 46.7 Å². The predicted octanol–water partition coefficient (Wildman–Crippen LogP) is 3.57. The molecule has 0 bridgehead atoms. The Balaban J connectivity index is 1.94. The lowest BCUT2D eigenvalue weighted by atomic mass is 9.75. The zero-order valence-electron chi connectivity index (χ0n) is 13.7. The fourth-order valence-corrected chi connectivity index (χ4v) is 3.15. The maximum absolute atomic E-state index is 13.2. The predicted molar refractivity (Wildman–Crippen MR) is 92.9 cm³/mol. The third-order valence-electron chi connectivity index (χ3n) is 4.14. The molecule has 0 spiro atoms. The van der Waals surface area contributed by atoms with Crippen molar-refractivity contribution in [1.82, 2.24) is 4.98 Å². The van der Waals surface area contributed by atoms with Gasteiger partial charge in [-0.1, -0.05) is 25.4 Å². The molecule has 0 fully saturated rings. The Morgan fingerprint density at radius 1 is 1.24 bits per heavy atom. The van der Waals surface area contributed by atoms with Gasteiger partial charge in [-0.25, -0.2) is 4.39 Å². The molecule has 25 heavy (non-hydrogen) atoms. The van der Waals surface area contributed by atoms with Crippen molar-refractivity contribution in [3.63, 3.8) is 0 Å². The van der Waals surface area contributed by atoms with Crippen molar-refractivity contribution in [1.29, 1.82) is 0 Å². The van der Waals surface area contributed by atoms with Gasteiger partial charge >= 0.3 is 0 Å². The topological polar surface area (TPSA) is 79.0 Å². The molecule has 0 unspecified atom stereocenters. The molecule has 2 N–H and O–H groups in total. The Bertz CT molecular complexity index is 950. The molecule has 7 heteroatoms. The number of amides is 1. The summed E-state index contributed by atoms with van der Waals surface area (Å²) >= 11 is 5.68. The molecule has 0 saturated heterocycles. The van der Waals surface area contributed by atoms with E-state index in [4.69, 9.17) is 11.6 Å². The number of benzene rings is 1. The van der Waals surface area contributed by atoms with Crippen LogP contribution in [0.3, 0.4) is 0 Å². The zero-order valence-corrected chi connectivity index (χ0v) is 14.5. The monoisotopic (exact) mass is 362 g/mol. The molecule has 0 radical (unpaired) electrons. The van der Waals surface area contributed by atoms with Gasteiger partial charge in [0.25, 0.3) is 11.5 Å². The average molecular weight is 363 g/mol. The van der Waals surface area contributed by atoms with Crippen molar-refractivity contribution >= 4 is 29.0 Å². The fraction of sp³-hybridized carbons (Fsp3) is 0.278. The van der Waals surface area contributed by atoms with Crippen LogP contribution >= 0.6 is 11.6 Å². The summed E-state index contributed by atoms with van der Waals surface area (Å²) < 4.78 is 13.2. The average Bonchev–Trinajstić information content (AvgIpc) is 2.49. The quantitative estimate of drug-likeness (QED) is 0.857. The van der Waals surface area contributed by atoms with E-state index in [0.29, 0.717) is 24.1 Å². The molecule has 0 saturated carbocycles. The van der Waals surface area contributed by atoms with Crippen LogP contribution in [0.25, 0.3) is 0 Å². The van der Waals surface area contributed by atoms with Gasteiger partial charge in [0, 0.05) is 23.4 Å². The molecular formula is C18H16ClFN2O3. The minimum Gasteiger partial charge on any atom is -0.325 e. The highest BCUT2D eigenvalue weighted by Crippen LogP contribution is 2.33. The third-order valence-corrected chi connectivity index (χ3v) is 4.43. The van der Waals surface area contributed by atoms with Crippen LogP contribution in [0.2, 0.25) is 5.02 Å². The van der Waals surface area contributed by atoms with Crippen molar-refractivity contribution in [2.24, 2.45) is 5.41 Å². The van der Waals surface area contributed by atoms with E-state index in [-0.39, 0.29) is 27.5 Å². The van der Waals surface area contributed by atoms with Gasteiger partial charge < -0.3 is 10.3 Å². The number of hydrogen-bond donors (Lipinski definition) is 2. The molecule has 1 amide bonds. The molecule has 3 rings (SSSR count). The number of Topliss-reactive ketones (excluding diaryl/α,β-unsaturated/α-hetero) is 1. The third kappa shape index (κ3) is 3.49. The Kier molecular flexibility index (Phi) is 4.24. The number of ketones is 1.